The quantitative estimate of drug-likeness (QED) is 0.160. The van der Waals surface area contributed by atoms with Crippen LogP contribution >= 0.6 is 0 Å². The van der Waals surface area contributed by atoms with Gasteiger partial charge in [0.25, 0.3) is 6.71 Å². The molecular formula is C62H57BN2. The van der Waals surface area contributed by atoms with E-state index in [1.54, 1.807) is 22.3 Å². The highest BCUT2D eigenvalue weighted by molar-refractivity contribution is 7.00. The number of para-hydroxylation sites is 2. The van der Waals surface area contributed by atoms with Gasteiger partial charge in [-0.25, -0.2) is 0 Å². The van der Waals surface area contributed by atoms with Crippen LogP contribution in [0.1, 0.15) is 102 Å². The van der Waals surface area contributed by atoms with Crippen LogP contribution in [0.2, 0.25) is 0 Å². The summed E-state index contributed by atoms with van der Waals surface area (Å²) >= 11 is 0. The third-order valence-electron chi connectivity index (χ3n) is 21.4. The predicted molar refractivity (Wildman–Crippen MR) is 271 cm³/mol. The van der Waals surface area contributed by atoms with Crippen LogP contribution in [0.3, 0.4) is 0 Å². The van der Waals surface area contributed by atoms with E-state index in [0.29, 0.717) is 11.8 Å². The molecule has 1 unspecified atom stereocenters. The number of fused-ring (bicyclic) bond motifs is 20. The average Bonchev–Trinajstić information content (AvgIpc) is 4.02. The molecule has 0 N–H and O–H groups in total. The van der Waals surface area contributed by atoms with Crippen molar-refractivity contribution in [1.29, 1.82) is 0 Å². The van der Waals surface area contributed by atoms with Crippen LogP contribution < -0.4 is 26.2 Å². The maximum atomic E-state index is 2.73. The Labute approximate surface area is 385 Å². The summed E-state index contributed by atoms with van der Waals surface area (Å²) in [6, 6.07) is 59.8. The number of hydrogen-bond donors (Lipinski definition) is 0. The molecule has 6 aliphatic carbocycles. The lowest BCUT2D eigenvalue weighted by Crippen LogP contribution is -2.61. The van der Waals surface area contributed by atoms with Crippen LogP contribution in [0.25, 0.3) is 22.3 Å². The van der Waals surface area contributed by atoms with Crippen LogP contribution in [-0.2, 0) is 10.8 Å². The number of hydrogen-bond acceptors (Lipinski definition) is 2. The van der Waals surface area contributed by atoms with E-state index in [1.807, 2.05) is 0 Å². The summed E-state index contributed by atoms with van der Waals surface area (Å²) in [6.45, 7) is 15.8. The second-order valence-electron chi connectivity index (χ2n) is 23.3. The lowest BCUT2D eigenvalue weighted by Gasteiger charge is -2.49. The standard InChI is InChI=1S/C62H57BN2/c1-57(2)38-28-30-59(57,5)61(36-38)46-24-15-13-22-42(46)44-32-50-54(34-48(44)61)64(40-18-9-7-10-19-40)52-26-17-27-53-56(52)63(50)51-33-45-43-23-14-16-25-47(43)62(37-39-29-31-60(62,6)58(39,3)4)49(45)35-55(51)65(53)41-20-11-8-12-21-41/h7-27,32-35,38-39H,28-31,36-37H2,1-6H3/t38-,39+,59-,60?,61+,62-/m1/s1. The van der Waals surface area contributed by atoms with Crippen molar-refractivity contribution in [1.82, 2.24) is 0 Å². The highest BCUT2D eigenvalue weighted by Gasteiger charge is 2.73. The first-order chi connectivity index (χ1) is 31.5. The molecule has 7 aromatic rings. The molecule has 2 aliphatic heterocycles. The minimum Gasteiger partial charge on any atom is -0.311 e. The fraction of sp³-hybridized carbons (Fsp3) is 0.323. The van der Waals surface area contributed by atoms with E-state index in [-0.39, 0.29) is 39.2 Å². The second-order valence-corrected chi connectivity index (χ2v) is 23.3. The first-order valence-corrected chi connectivity index (χ1v) is 24.9. The summed E-state index contributed by atoms with van der Waals surface area (Å²) in [5, 5.41) is 0. The molecule has 2 spiro atoms. The lowest BCUT2D eigenvalue weighted by molar-refractivity contribution is 0.0990. The van der Waals surface area contributed by atoms with Crippen molar-refractivity contribution in [3.05, 3.63) is 174 Å². The van der Waals surface area contributed by atoms with Gasteiger partial charge >= 0.3 is 0 Å². The average molecular weight is 841 g/mol. The number of nitrogens with zero attached hydrogens (tertiary/aromatic N) is 2. The van der Waals surface area contributed by atoms with Gasteiger partial charge in [-0.15, -0.1) is 0 Å². The van der Waals surface area contributed by atoms with Gasteiger partial charge in [0.1, 0.15) is 0 Å². The van der Waals surface area contributed by atoms with E-state index in [2.05, 4.69) is 203 Å². The Bertz CT molecular complexity index is 3040. The van der Waals surface area contributed by atoms with Crippen molar-refractivity contribution in [3.8, 4) is 22.3 Å². The highest BCUT2D eigenvalue weighted by Crippen LogP contribution is 2.79. The Balaban J connectivity index is 1.06. The van der Waals surface area contributed by atoms with Gasteiger partial charge in [-0.2, -0.15) is 0 Å². The summed E-state index contributed by atoms with van der Waals surface area (Å²) in [6.07, 6.45) is 7.69. The largest absolute Gasteiger partial charge is 0.311 e. The molecule has 0 amide bonds. The minimum absolute atomic E-state index is 0.0250. The third-order valence-corrected chi connectivity index (χ3v) is 21.4. The highest BCUT2D eigenvalue weighted by atomic mass is 15.2. The lowest BCUT2D eigenvalue weighted by atomic mass is 9.33. The zero-order chi connectivity index (χ0) is 43.6. The molecule has 7 aromatic carbocycles. The molecule has 6 atom stereocenters. The maximum absolute atomic E-state index is 2.73. The summed E-state index contributed by atoms with van der Waals surface area (Å²) < 4.78 is 0. The Morgan fingerprint density at radius 1 is 0.415 bits per heavy atom. The number of benzene rings is 7. The molecule has 2 nitrogen and oxygen atoms in total. The molecule has 65 heavy (non-hydrogen) atoms. The molecule has 4 saturated carbocycles. The smallest absolute Gasteiger partial charge is 0.252 e. The molecule has 0 radical (unpaired) electrons. The molecule has 318 valence electrons. The van der Waals surface area contributed by atoms with Crippen LogP contribution in [0.15, 0.2) is 152 Å². The molecule has 4 bridgehead atoms. The van der Waals surface area contributed by atoms with Gasteiger partial charge in [-0.3, -0.25) is 0 Å². The molecule has 0 aromatic heterocycles. The van der Waals surface area contributed by atoms with Gasteiger partial charge in [0.15, 0.2) is 0 Å². The fourth-order valence-electron chi connectivity index (χ4n) is 17.6. The molecule has 2 heterocycles. The van der Waals surface area contributed by atoms with Crippen LogP contribution in [0, 0.1) is 33.5 Å². The molecule has 15 rings (SSSR count). The summed E-state index contributed by atoms with van der Waals surface area (Å²) in [5.74, 6) is 1.42. The van der Waals surface area contributed by atoms with Gasteiger partial charge < -0.3 is 9.80 Å². The van der Waals surface area contributed by atoms with Crippen LogP contribution in [0.4, 0.5) is 34.1 Å². The molecular weight excluding hydrogens is 784 g/mol. The molecule has 0 saturated heterocycles. The van der Waals surface area contributed by atoms with Crippen molar-refractivity contribution in [2.75, 3.05) is 9.80 Å². The van der Waals surface area contributed by atoms with E-state index in [0.717, 1.165) is 0 Å². The van der Waals surface area contributed by atoms with Crippen LogP contribution in [0.5, 0.6) is 0 Å². The number of anilines is 6. The SMILES string of the molecule is CC1(C)[C@H]2CCC1(C)[C@]1(C2)c2ccccc2-c2cc3c(cc21)N(c1ccccc1)c1cccc2c1B3c1cc3c(cc1N2c1ccccc1)[C@]1(C[C@H]2CC[C@]1(C)C2(C)C)c1ccccc1-3. The Morgan fingerprint density at radius 3 is 1.23 bits per heavy atom. The predicted octanol–water partition coefficient (Wildman–Crippen LogP) is 14.0. The minimum atomic E-state index is -0.0250. The van der Waals surface area contributed by atoms with Crippen molar-refractivity contribution in [3.63, 3.8) is 0 Å². The Hall–Kier alpha value is -5.80. The van der Waals surface area contributed by atoms with Crippen molar-refractivity contribution >= 4 is 57.2 Å². The van der Waals surface area contributed by atoms with Crippen molar-refractivity contribution in [2.24, 2.45) is 33.5 Å². The monoisotopic (exact) mass is 840 g/mol. The normalized spacial score (nSPS) is 30.0. The van der Waals surface area contributed by atoms with Gasteiger partial charge in [0, 0.05) is 45.0 Å². The fourth-order valence-corrected chi connectivity index (χ4v) is 17.6. The van der Waals surface area contributed by atoms with Crippen LogP contribution in [-0.4, -0.2) is 6.71 Å². The topological polar surface area (TPSA) is 6.48 Å². The van der Waals surface area contributed by atoms with Crippen molar-refractivity contribution in [2.45, 2.75) is 90.9 Å². The maximum Gasteiger partial charge on any atom is 0.252 e. The van der Waals surface area contributed by atoms with Gasteiger partial charge in [0.05, 0.1) is 0 Å². The van der Waals surface area contributed by atoms with E-state index in [1.165, 1.54) is 111 Å². The summed E-state index contributed by atoms with van der Waals surface area (Å²) in [5.41, 5.74) is 24.9. The summed E-state index contributed by atoms with van der Waals surface area (Å²) in [4.78, 5) is 5.29. The molecule has 4 fully saturated rings. The van der Waals surface area contributed by atoms with E-state index in [4.69, 9.17) is 0 Å². The molecule has 8 aliphatic rings. The first-order valence-electron chi connectivity index (χ1n) is 24.9. The van der Waals surface area contributed by atoms with E-state index >= 15 is 0 Å². The van der Waals surface area contributed by atoms with Gasteiger partial charge in [-0.1, -0.05) is 145 Å². The Kier molecular flexibility index (Phi) is 6.78. The molecule has 3 heteroatoms. The zero-order valence-corrected chi connectivity index (χ0v) is 38.8. The first kappa shape index (κ1) is 37.4. The number of rotatable bonds is 2. The Morgan fingerprint density at radius 2 is 0.831 bits per heavy atom. The van der Waals surface area contributed by atoms with Crippen molar-refractivity contribution < 1.29 is 0 Å². The zero-order valence-electron chi connectivity index (χ0n) is 38.8. The van der Waals surface area contributed by atoms with E-state index < -0.39 is 0 Å². The van der Waals surface area contributed by atoms with E-state index in [9.17, 15) is 0 Å². The van der Waals surface area contributed by atoms with Gasteiger partial charge in [0.2, 0.25) is 0 Å². The summed E-state index contributed by atoms with van der Waals surface area (Å²) in [7, 11) is 0. The van der Waals surface area contributed by atoms with Gasteiger partial charge in [-0.05, 0) is 181 Å². The second kappa shape index (κ2) is 11.8. The third kappa shape index (κ3) is 3.93.